The van der Waals surface area contributed by atoms with E-state index < -0.39 is 0 Å². The highest BCUT2D eigenvalue weighted by atomic mass is 16.5. The number of carbonyl (C=O) groups is 1. The number of nitrogens with zero attached hydrogens (tertiary/aromatic N) is 1. The molecule has 0 bridgehead atoms. The number of carbonyl (C=O) groups excluding carboxylic acids is 1. The second kappa shape index (κ2) is 10.8. The molecule has 1 N–H and O–H groups in total. The van der Waals surface area contributed by atoms with Gasteiger partial charge in [-0.3, -0.25) is 4.79 Å². The predicted molar refractivity (Wildman–Crippen MR) is 121 cm³/mol. The molecule has 0 saturated carbocycles. The summed E-state index contributed by atoms with van der Waals surface area (Å²) in [7, 11) is 0. The molecule has 3 aromatic rings. The number of rotatable bonds is 9. The van der Waals surface area contributed by atoms with Crippen LogP contribution in [0, 0.1) is 11.3 Å². The highest BCUT2D eigenvalue weighted by Gasteiger charge is 2.14. The van der Waals surface area contributed by atoms with Gasteiger partial charge in [-0.2, -0.15) is 5.26 Å². The summed E-state index contributed by atoms with van der Waals surface area (Å²) in [6.07, 6.45) is 0.662. The fourth-order valence-corrected chi connectivity index (χ4v) is 3.40. The Kier molecular flexibility index (Phi) is 7.67. The van der Waals surface area contributed by atoms with Crippen LogP contribution in [0.4, 0.5) is 0 Å². The molecule has 3 rings (SSSR count). The molecule has 3 aromatic carbocycles. The second-order valence-electron chi connectivity index (χ2n) is 6.86. The number of ether oxygens (including phenoxy) is 2. The molecule has 0 fully saturated rings. The summed E-state index contributed by atoms with van der Waals surface area (Å²) in [5, 5.41) is 12.4. The fourth-order valence-electron chi connectivity index (χ4n) is 3.40. The third-order valence-corrected chi connectivity index (χ3v) is 4.82. The van der Waals surface area contributed by atoms with Crippen molar-refractivity contribution in [2.75, 3.05) is 19.8 Å². The average molecular weight is 415 g/mol. The lowest BCUT2D eigenvalue weighted by atomic mass is 9.95. The van der Waals surface area contributed by atoms with Gasteiger partial charge in [0.05, 0.1) is 24.8 Å². The lowest BCUT2D eigenvalue weighted by molar-refractivity contribution is 0.0955. The highest BCUT2D eigenvalue weighted by Crippen LogP contribution is 2.29. The molecule has 5 heteroatoms. The zero-order valence-corrected chi connectivity index (χ0v) is 17.9. The molecule has 1 amide bonds. The quantitative estimate of drug-likeness (QED) is 0.535. The van der Waals surface area contributed by atoms with Gasteiger partial charge in [-0.25, -0.2) is 0 Å². The largest absolute Gasteiger partial charge is 0.490 e. The Bertz CT molecular complexity index is 1090. The lowest BCUT2D eigenvalue weighted by Gasteiger charge is -2.13. The van der Waals surface area contributed by atoms with Gasteiger partial charge in [0.1, 0.15) is 0 Å². The van der Waals surface area contributed by atoms with Crippen molar-refractivity contribution in [1.29, 1.82) is 5.26 Å². The number of hydrogen-bond acceptors (Lipinski definition) is 4. The zero-order valence-electron chi connectivity index (χ0n) is 17.9. The van der Waals surface area contributed by atoms with Gasteiger partial charge in [-0.1, -0.05) is 42.5 Å². The topological polar surface area (TPSA) is 71.3 Å². The first-order valence-electron chi connectivity index (χ1n) is 10.4. The SMILES string of the molecule is CCOc1ccc(CCNC(=O)c2ccccc2-c2ccccc2C#N)cc1OCC. The molecule has 0 atom stereocenters. The Labute approximate surface area is 183 Å². The average Bonchev–Trinajstić information content (AvgIpc) is 2.81. The number of benzene rings is 3. The molecule has 31 heavy (non-hydrogen) atoms. The molecule has 0 radical (unpaired) electrons. The maximum absolute atomic E-state index is 12.9. The minimum absolute atomic E-state index is 0.167. The Morgan fingerprint density at radius 2 is 1.58 bits per heavy atom. The van der Waals surface area contributed by atoms with E-state index in [-0.39, 0.29) is 5.91 Å². The standard InChI is InChI=1S/C26H26N2O3/c1-3-30-24-14-13-19(17-25(24)31-4-2)15-16-28-26(29)23-12-8-7-11-22(23)21-10-6-5-9-20(21)18-27/h5-14,17H,3-4,15-16H2,1-2H3,(H,28,29). The van der Waals surface area contributed by atoms with Crippen molar-refractivity contribution >= 4 is 5.91 Å². The molecular weight excluding hydrogens is 388 g/mol. The van der Waals surface area contributed by atoms with Crippen LogP contribution in [0.15, 0.2) is 66.7 Å². The van der Waals surface area contributed by atoms with Crippen LogP contribution < -0.4 is 14.8 Å². The number of amides is 1. The van der Waals surface area contributed by atoms with Crippen molar-refractivity contribution < 1.29 is 14.3 Å². The second-order valence-corrected chi connectivity index (χ2v) is 6.86. The smallest absolute Gasteiger partial charge is 0.251 e. The number of hydrogen-bond donors (Lipinski definition) is 1. The summed E-state index contributed by atoms with van der Waals surface area (Å²) in [5.74, 6) is 1.27. The molecule has 0 saturated heterocycles. The number of nitriles is 1. The van der Waals surface area contributed by atoms with Crippen LogP contribution in [0.2, 0.25) is 0 Å². The van der Waals surface area contributed by atoms with E-state index in [0.29, 0.717) is 43.1 Å². The van der Waals surface area contributed by atoms with Gasteiger partial charge in [0, 0.05) is 17.7 Å². The first kappa shape index (κ1) is 21.9. The normalized spacial score (nSPS) is 10.2. The Morgan fingerprint density at radius 3 is 2.32 bits per heavy atom. The van der Waals surface area contributed by atoms with E-state index in [0.717, 1.165) is 22.4 Å². The van der Waals surface area contributed by atoms with Crippen LogP contribution >= 0.6 is 0 Å². The van der Waals surface area contributed by atoms with E-state index in [1.165, 1.54) is 0 Å². The lowest BCUT2D eigenvalue weighted by Crippen LogP contribution is -2.26. The van der Waals surface area contributed by atoms with E-state index in [1.54, 1.807) is 12.1 Å². The van der Waals surface area contributed by atoms with Gasteiger partial charge in [0.2, 0.25) is 0 Å². The summed E-state index contributed by atoms with van der Waals surface area (Å²) in [6, 6.07) is 22.7. The minimum atomic E-state index is -0.167. The van der Waals surface area contributed by atoms with Crippen molar-refractivity contribution in [3.63, 3.8) is 0 Å². The van der Waals surface area contributed by atoms with Crippen LogP contribution in [0.1, 0.15) is 35.3 Å². The highest BCUT2D eigenvalue weighted by molar-refractivity contribution is 6.01. The summed E-state index contributed by atoms with van der Waals surface area (Å²) < 4.78 is 11.3. The van der Waals surface area contributed by atoms with Crippen molar-refractivity contribution in [2.24, 2.45) is 0 Å². The van der Waals surface area contributed by atoms with E-state index in [4.69, 9.17) is 9.47 Å². The molecule has 0 heterocycles. The summed E-state index contributed by atoms with van der Waals surface area (Å²) in [4.78, 5) is 12.9. The van der Waals surface area contributed by atoms with E-state index in [2.05, 4.69) is 11.4 Å². The first-order chi connectivity index (χ1) is 15.2. The van der Waals surface area contributed by atoms with Gasteiger partial charge in [-0.05, 0) is 55.7 Å². The molecule has 158 valence electrons. The zero-order chi connectivity index (χ0) is 22.1. The minimum Gasteiger partial charge on any atom is -0.490 e. The van der Waals surface area contributed by atoms with Crippen LogP contribution in [-0.4, -0.2) is 25.7 Å². The van der Waals surface area contributed by atoms with E-state index in [1.807, 2.05) is 68.4 Å². The third kappa shape index (κ3) is 5.43. The monoisotopic (exact) mass is 414 g/mol. The van der Waals surface area contributed by atoms with Gasteiger partial charge < -0.3 is 14.8 Å². The predicted octanol–water partition coefficient (Wildman–Crippen LogP) is 5.00. The van der Waals surface area contributed by atoms with Crippen molar-refractivity contribution in [3.8, 4) is 28.7 Å². The molecule has 0 unspecified atom stereocenters. The molecule has 0 aliphatic heterocycles. The molecular formula is C26H26N2O3. The van der Waals surface area contributed by atoms with E-state index in [9.17, 15) is 10.1 Å². The Balaban J connectivity index is 1.71. The molecule has 0 spiro atoms. The summed E-state index contributed by atoms with van der Waals surface area (Å²) in [6.45, 7) is 5.48. The molecule has 0 aliphatic carbocycles. The fraction of sp³-hybridized carbons (Fsp3) is 0.231. The summed E-state index contributed by atoms with van der Waals surface area (Å²) in [5.41, 5.74) is 3.64. The third-order valence-electron chi connectivity index (χ3n) is 4.82. The molecule has 0 aliphatic rings. The molecule has 0 aromatic heterocycles. The van der Waals surface area contributed by atoms with Crippen LogP contribution in [-0.2, 0) is 6.42 Å². The maximum Gasteiger partial charge on any atom is 0.251 e. The van der Waals surface area contributed by atoms with Gasteiger partial charge in [0.25, 0.3) is 5.91 Å². The van der Waals surface area contributed by atoms with Crippen LogP contribution in [0.25, 0.3) is 11.1 Å². The van der Waals surface area contributed by atoms with Gasteiger partial charge in [0.15, 0.2) is 11.5 Å². The Hall–Kier alpha value is -3.78. The van der Waals surface area contributed by atoms with Crippen molar-refractivity contribution in [1.82, 2.24) is 5.32 Å². The van der Waals surface area contributed by atoms with Crippen molar-refractivity contribution in [2.45, 2.75) is 20.3 Å². The van der Waals surface area contributed by atoms with Gasteiger partial charge in [-0.15, -0.1) is 0 Å². The summed E-state index contributed by atoms with van der Waals surface area (Å²) >= 11 is 0. The van der Waals surface area contributed by atoms with E-state index >= 15 is 0 Å². The van der Waals surface area contributed by atoms with Crippen LogP contribution in [0.3, 0.4) is 0 Å². The maximum atomic E-state index is 12.9. The molecule has 5 nitrogen and oxygen atoms in total. The Morgan fingerprint density at radius 1 is 0.903 bits per heavy atom. The van der Waals surface area contributed by atoms with Crippen molar-refractivity contribution in [3.05, 3.63) is 83.4 Å². The van der Waals surface area contributed by atoms with Gasteiger partial charge >= 0.3 is 0 Å². The van der Waals surface area contributed by atoms with Crippen LogP contribution in [0.5, 0.6) is 11.5 Å². The number of nitrogens with one attached hydrogen (secondary N) is 1. The first-order valence-corrected chi connectivity index (χ1v) is 10.4.